The normalized spacial score (nSPS) is 7.77. The van der Waals surface area contributed by atoms with E-state index in [1.807, 2.05) is 18.2 Å². The van der Waals surface area contributed by atoms with Crippen LogP contribution >= 0.6 is 0 Å². The number of H-pyrrole nitrogens is 1. The number of aryl methyl sites for hydroxylation is 1. The molecule has 1 N–H and O–H groups in total. The zero-order valence-electron chi connectivity index (χ0n) is 7.08. The molecule has 0 aliphatic carbocycles. The van der Waals surface area contributed by atoms with E-state index in [0.717, 1.165) is 0 Å². The molecule has 0 fully saturated rings. The van der Waals surface area contributed by atoms with Crippen molar-refractivity contribution < 1.29 is 22.4 Å². The van der Waals surface area contributed by atoms with Gasteiger partial charge in [-0.2, -0.15) is 35.9 Å². The van der Waals surface area contributed by atoms with Gasteiger partial charge >= 0.3 is 0 Å². The summed E-state index contributed by atoms with van der Waals surface area (Å²) in [5.41, 5.74) is 1.27. The molecule has 0 aliphatic heterocycles. The van der Waals surface area contributed by atoms with Crippen molar-refractivity contribution >= 4 is 0 Å². The largest absolute Gasteiger partial charge is 0.352 e. The second-order valence-corrected chi connectivity index (χ2v) is 2.18. The molecular weight excluding hydrogens is 258 g/mol. The van der Waals surface area contributed by atoms with E-state index in [-0.39, 0.29) is 22.4 Å². The van der Waals surface area contributed by atoms with Crippen LogP contribution in [0.25, 0.3) is 0 Å². The van der Waals surface area contributed by atoms with Crippen molar-refractivity contribution in [3.63, 3.8) is 0 Å². The van der Waals surface area contributed by atoms with Gasteiger partial charge < -0.3 is 16.4 Å². The molecule has 13 heavy (non-hydrogen) atoms. The van der Waals surface area contributed by atoms with Gasteiger partial charge in [0, 0.05) is 22.4 Å². The van der Waals surface area contributed by atoms with E-state index >= 15 is 0 Å². The summed E-state index contributed by atoms with van der Waals surface area (Å²) in [4.78, 5) is 0. The zero-order valence-corrected chi connectivity index (χ0v) is 8.56. The monoisotopic (exact) mass is 266 g/mol. The summed E-state index contributed by atoms with van der Waals surface area (Å²) in [6.07, 6.45) is 3.97. The third-order valence-electron chi connectivity index (χ3n) is 1.16. The van der Waals surface area contributed by atoms with E-state index in [4.69, 9.17) is 0 Å². The van der Waals surface area contributed by atoms with Gasteiger partial charge in [-0.25, -0.2) is 0 Å². The standard InChI is InChI=1S/C7H7.C2H2N3.Ag/c1-7-5-3-2-4-6-7;1-2-4-5-3-1;/h2-3,5-6H,1H3;1H,(H,3,4,5);/q2*-1;. The fourth-order valence-corrected chi connectivity index (χ4v) is 0.627. The quantitative estimate of drug-likeness (QED) is 0.579. The van der Waals surface area contributed by atoms with Gasteiger partial charge in [0.05, 0.1) is 0 Å². The Morgan fingerprint density at radius 1 is 1.46 bits per heavy atom. The fourth-order valence-electron chi connectivity index (χ4n) is 0.627. The Bertz CT molecular complexity index is 264. The summed E-state index contributed by atoms with van der Waals surface area (Å²) in [6, 6.07) is 10.8. The first-order valence-corrected chi connectivity index (χ1v) is 3.55. The van der Waals surface area contributed by atoms with Gasteiger partial charge in [0.15, 0.2) is 0 Å². The smallest absolute Gasteiger partial charge is 0 e. The molecule has 0 aliphatic rings. The molecule has 0 saturated heterocycles. The molecular formula is C9H9AgN3-2. The molecule has 2 aromatic rings. The molecule has 1 aromatic carbocycles. The van der Waals surface area contributed by atoms with Gasteiger partial charge in [-0.15, -0.1) is 11.4 Å². The van der Waals surface area contributed by atoms with Crippen LogP contribution in [0.3, 0.4) is 0 Å². The van der Waals surface area contributed by atoms with E-state index in [9.17, 15) is 0 Å². The number of rotatable bonds is 0. The van der Waals surface area contributed by atoms with Crippen LogP contribution in [0.15, 0.2) is 30.5 Å². The van der Waals surface area contributed by atoms with E-state index < -0.39 is 0 Å². The van der Waals surface area contributed by atoms with Crippen LogP contribution in [0, 0.1) is 19.2 Å². The molecule has 4 heteroatoms. The van der Waals surface area contributed by atoms with Crippen molar-refractivity contribution in [2.24, 2.45) is 0 Å². The predicted molar refractivity (Wildman–Crippen MR) is 45.2 cm³/mol. The number of benzene rings is 1. The molecule has 0 amide bonds. The number of aromatic amines is 1. The van der Waals surface area contributed by atoms with Crippen molar-refractivity contribution in [3.05, 3.63) is 48.3 Å². The molecule has 0 spiro atoms. The third kappa shape index (κ3) is 6.28. The van der Waals surface area contributed by atoms with Crippen LogP contribution in [0.5, 0.6) is 0 Å². The van der Waals surface area contributed by atoms with E-state index in [2.05, 4.69) is 40.7 Å². The minimum Gasteiger partial charge on any atom is -0.352 e. The molecule has 0 atom stereocenters. The van der Waals surface area contributed by atoms with Crippen molar-refractivity contribution in [1.29, 1.82) is 0 Å². The summed E-state index contributed by atoms with van der Waals surface area (Å²) < 4.78 is 0. The summed E-state index contributed by atoms with van der Waals surface area (Å²) >= 11 is 0. The second-order valence-electron chi connectivity index (χ2n) is 2.18. The summed E-state index contributed by atoms with van der Waals surface area (Å²) in [5.74, 6) is 0. The van der Waals surface area contributed by atoms with Crippen LogP contribution in [0.1, 0.15) is 5.56 Å². The molecule has 1 aromatic heterocycles. The van der Waals surface area contributed by atoms with Crippen LogP contribution in [0.4, 0.5) is 0 Å². The molecule has 1 radical (unpaired) electrons. The number of nitrogens with zero attached hydrogens (tertiary/aromatic N) is 2. The van der Waals surface area contributed by atoms with E-state index in [1.165, 1.54) is 11.8 Å². The van der Waals surface area contributed by atoms with Crippen molar-refractivity contribution in [2.75, 3.05) is 0 Å². The first kappa shape index (κ1) is 12.1. The van der Waals surface area contributed by atoms with Crippen LogP contribution < -0.4 is 0 Å². The minimum absolute atomic E-state index is 0. The molecule has 0 unspecified atom stereocenters. The Balaban J connectivity index is 0.000000215. The Hall–Kier alpha value is -0.900. The summed E-state index contributed by atoms with van der Waals surface area (Å²) in [5, 5.41) is 9.03. The van der Waals surface area contributed by atoms with Gasteiger partial charge in [-0.05, 0) is 0 Å². The summed E-state index contributed by atoms with van der Waals surface area (Å²) in [7, 11) is 0. The zero-order chi connectivity index (χ0) is 8.65. The topological polar surface area (TPSA) is 41.6 Å². The molecule has 73 valence electrons. The maximum Gasteiger partial charge on any atom is 0 e. The number of hydrogen-bond donors (Lipinski definition) is 1. The van der Waals surface area contributed by atoms with Crippen LogP contribution in [-0.2, 0) is 22.4 Å². The van der Waals surface area contributed by atoms with E-state index in [0.29, 0.717) is 0 Å². The van der Waals surface area contributed by atoms with Crippen LogP contribution in [0.2, 0.25) is 0 Å². The van der Waals surface area contributed by atoms with Gasteiger partial charge in [0.25, 0.3) is 0 Å². The Labute approximate surface area is 93.1 Å². The summed E-state index contributed by atoms with van der Waals surface area (Å²) in [6.45, 7) is 2.05. The molecule has 0 bridgehead atoms. The van der Waals surface area contributed by atoms with E-state index in [1.54, 1.807) is 0 Å². The Morgan fingerprint density at radius 3 is 2.54 bits per heavy atom. The van der Waals surface area contributed by atoms with Gasteiger partial charge in [-0.1, -0.05) is 6.92 Å². The second kappa shape index (κ2) is 7.73. The Kier molecular flexibility index (Phi) is 7.20. The molecule has 0 saturated carbocycles. The van der Waals surface area contributed by atoms with Crippen molar-refractivity contribution in [1.82, 2.24) is 15.4 Å². The Morgan fingerprint density at radius 2 is 2.31 bits per heavy atom. The van der Waals surface area contributed by atoms with Gasteiger partial charge in [-0.3, -0.25) is 0 Å². The van der Waals surface area contributed by atoms with Crippen molar-refractivity contribution in [2.45, 2.75) is 6.92 Å². The average Bonchev–Trinajstić information content (AvgIpc) is 2.62. The molecule has 2 rings (SSSR count). The fraction of sp³-hybridized carbons (Fsp3) is 0.111. The number of hydrogen-bond acceptors (Lipinski definition) is 2. The SMILES string of the molecule is Cc1c[c-]ccc1.[Ag].[c-]1c[nH]nn1. The van der Waals surface area contributed by atoms with Crippen molar-refractivity contribution in [3.8, 4) is 0 Å². The number of aromatic nitrogens is 3. The van der Waals surface area contributed by atoms with Crippen LogP contribution in [-0.4, -0.2) is 15.4 Å². The third-order valence-corrected chi connectivity index (χ3v) is 1.16. The maximum atomic E-state index is 3.29. The average molecular weight is 267 g/mol. The predicted octanol–water partition coefficient (Wildman–Crippen LogP) is 1.40. The first-order valence-electron chi connectivity index (χ1n) is 3.55. The molecule has 1 heterocycles. The first-order chi connectivity index (χ1) is 5.89. The molecule has 3 nitrogen and oxygen atoms in total. The maximum absolute atomic E-state index is 3.29. The minimum atomic E-state index is 0. The van der Waals surface area contributed by atoms with Gasteiger partial charge in [0.2, 0.25) is 0 Å². The van der Waals surface area contributed by atoms with Gasteiger partial charge in [0.1, 0.15) is 0 Å². The number of nitrogens with one attached hydrogen (secondary N) is 1.